The predicted molar refractivity (Wildman–Crippen MR) is 130 cm³/mol. The molecule has 33 heavy (non-hydrogen) atoms. The van der Waals surface area contributed by atoms with Gasteiger partial charge in [0.05, 0.1) is 25.3 Å². The van der Waals surface area contributed by atoms with Gasteiger partial charge in [-0.1, -0.05) is 65.7 Å². The maximum atomic E-state index is 11.9. The standard InChI is InChI=1S/C26H26Cl2N2O3/c1-33-16-18-12-17(15-32)13-21(14-18)26(10-11-31)29-24(19-2-6-22(27)7-3-19)25(30-26)20-4-8-23(28)9-5-20/h2-9,11-14,24-25,29-30,32H,10,15-16H2,1H3. The lowest BCUT2D eigenvalue weighted by Crippen LogP contribution is -2.47. The van der Waals surface area contributed by atoms with Gasteiger partial charge in [0.25, 0.3) is 0 Å². The minimum atomic E-state index is -0.843. The SMILES string of the molecule is COCc1cc(CO)cc(C2(CC=O)NC(c3ccc(Cl)cc3)C(c3ccc(Cl)cc3)N2)c1. The Kier molecular flexibility index (Phi) is 7.49. The van der Waals surface area contributed by atoms with Crippen molar-refractivity contribution in [1.82, 2.24) is 10.6 Å². The van der Waals surface area contributed by atoms with E-state index in [1.807, 2.05) is 66.7 Å². The van der Waals surface area contributed by atoms with E-state index in [9.17, 15) is 9.90 Å². The van der Waals surface area contributed by atoms with Gasteiger partial charge < -0.3 is 14.6 Å². The summed E-state index contributed by atoms with van der Waals surface area (Å²) in [6.07, 6.45) is 1.10. The van der Waals surface area contributed by atoms with Crippen molar-refractivity contribution in [3.05, 3.63) is 105 Å². The summed E-state index contributed by atoms with van der Waals surface area (Å²) in [7, 11) is 1.63. The summed E-state index contributed by atoms with van der Waals surface area (Å²) in [4.78, 5) is 11.9. The smallest absolute Gasteiger partial charge is 0.123 e. The van der Waals surface area contributed by atoms with Crippen molar-refractivity contribution in [1.29, 1.82) is 0 Å². The molecule has 3 aromatic rings. The molecule has 0 saturated carbocycles. The third-order valence-electron chi connectivity index (χ3n) is 6.02. The first-order valence-corrected chi connectivity index (χ1v) is 11.5. The number of hydrogen-bond donors (Lipinski definition) is 3. The van der Waals surface area contributed by atoms with Gasteiger partial charge in [-0.2, -0.15) is 0 Å². The average molecular weight is 485 g/mol. The minimum absolute atomic E-state index is 0.108. The molecule has 0 aliphatic carbocycles. The molecule has 2 atom stereocenters. The van der Waals surface area contributed by atoms with Crippen molar-refractivity contribution in [3.8, 4) is 0 Å². The topological polar surface area (TPSA) is 70.6 Å². The van der Waals surface area contributed by atoms with E-state index >= 15 is 0 Å². The fourth-order valence-corrected chi connectivity index (χ4v) is 4.76. The zero-order valence-corrected chi connectivity index (χ0v) is 19.7. The van der Waals surface area contributed by atoms with E-state index in [1.54, 1.807) is 7.11 Å². The van der Waals surface area contributed by atoms with Gasteiger partial charge in [-0.3, -0.25) is 10.6 Å². The van der Waals surface area contributed by atoms with E-state index in [0.29, 0.717) is 16.7 Å². The van der Waals surface area contributed by atoms with E-state index in [1.165, 1.54) is 0 Å². The first-order chi connectivity index (χ1) is 16.0. The number of ether oxygens (including phenoxy) is 1. The molecule has 0 aromatic heterocycles. The molecule has 4 rings (SSSR count). The first-order valence-electron chi connectivity index (χ1n) is 10.7. The van der Waals surface area contributed by atoms with Crippen LogP contribution >= 0.6 is 23.2 Å². The second-order valence-electron chi connectivity index (χ2n) is 8.25. The Labute approximate surface area is 203 Å². The van der Waals surface area contributed by atoms with Crippen LogP contribution in [0.25, 0.3) is 0 Å². The molecule has 1 aliphatic heterocycles. The Morgan fingerprint density at radius 2 is 1.42 bits per heavy atom. The average Bonchev–Trinajstić information content (AvgIpc) is 3.21. The second kappa shape index (κ2) is 10.3. The van der Waals surface area contributed by atoms with Gasteiger partial charge >= 0.3 is 0 Å². The molecule has 2 unspecified atom stereocenters. The van der Waals surface area contributed by atoms with Crippen LogP contribution in [0.3, 0.4) is 0 Å². The first kappa shape index (κ1) is 23.9. The van der Waals surface area contributed by atoms with Crippen LogP contribution in [0.2, 0.25) is 10.0 Å². The van der Waals surface area contributed by atoms with Gasteiger partial charge in [-0.05, 0) is 52.1 Å². The Hall–Kier alpha value is -2.25. The van der Waals surface area contributed by atoms with E-state index in [-0.39, 0.29) is 25.1 Å². The maximum absolute atomic E-state index is 11.9. The van der Waals surface area contributed by atoms with Gasteiger partial charge in [-0.25, -0.2) is 0 Å². The van der Waals surface area contributed by atoms with Gasteiger partial charge in [0.1, 0.15) is 11.9 Å². The fraction of sp³-hybridized carbons (Fsp3) is 0.269. The molecule has 1 aliphatic rings. The third-order valence-corrected chi connectivity index (χ3v) is 6.53. The van der Waals surface area contributed by atoms with E-state index in [2.05, 4.69) is 10.6 Å². The number of aldehydes is 1. The van der Waals surface area contributed by atoms with Crippen molar-refractivity contribution in [2.75, 3.05) is 7.11 Å². The Balaban J connectivity index is 1.83. The summed E-state index contributed by atoms with van der Waals surface area (Å²) in [5.74, 6) is 0. The van der Waals surface area contributed by atoms with Crippen molar-refractivity contribution >= 4 is 29.5 Å². The molecule has 1 saturated heterocycles. The number of methoxy groups -OCH3 is 1. The lowest BCUT2D eigenvalue weighted by molar-refractivity contribution is -0.109. The highest BCUT2D eigenvalue weighted by Crippen LogP contribution is 2.43. The van der Waals surface area contributed by atoms with Crippen LogP contribution in [-0.2, 0) is 28.4 Å². The molecule has 1 heterocycles. The third kappa shape index (κ3) is 5.14. The lowest BCUT2D eigenvalue weighted by atomic mass is 9.93. The molecule has 0 radical (unpaired) electrons. The van der Waals surface area contributed by atoms with Crippen LogP contribution in [0.1, 0.15) is 46.3 Å². The summed E-state index contributed by atoms with van der Waals surface area (Å²) in [6, 6.07) is 20.9. The number of aliphatic hydroxyl groups is 1. The highest BCUT2D eigenvalue weighted by molar-refractivity contribution is 6.30. The number of hydrogen-bond acceptors (Lipinski definition) is 5. The van der Waals surface area contributed by atoms with Crippen molar-refractivity contribution in [2.24, 2.45) is 0 Å². The number of benzene rings is 3. The quantitative estimate of drug-likeness (QED) is 0.390. The molecule has 3 aromatic carbocycles. The van der Waals surface area contributed by atoms with Crippen LogP contribution in [0.4, 0.5) is 0 Å². The van der Waals surface area contributed by atoms with Gasteiger partial charge in [0.2, 0.25) is 0 Å². The number of halogens is 2. The Bertz CT molecular complexity index is 1050. The van der Waals surface area contributed by atoms with Gasteiger partial charge in [0, 0.05) is 23.6 Å². The van der Waals surface area contributed by atoms with E-state index < -0.39 is 5.66 Å². The zero-order valence-electron chi connectivity index (χ0n) is 18.2. The summed E-state index contributed by atoms with van der Waals surface area (Å²) in [6.45, 7) is 0.294. The van der Waals surface area contributed by atoms with Crippen LogP contribution in [0.5, 0.6) is 0 Å². The monoisotopic (exact) mass is 484 g/mol. The lowest BCUT2D eigenvalue weighted by Gasteiger charge is -2.31. The summed E-state index contributed by atoms with van der Waals surface area (Å²) in [5.41, 5.74) is 3.77. The van der Waals surface area contributed by atoms with Crippen molar-refractivity contribution in [3.63, 3.8) is 0 Å². The largest absolute Gasteiger partial charge is 0.392 e. The minimum Gasteiger partial charge on any atom is -0.392 e. The molecule has 172 valence electrons. The Morgan fingerprint density at radius 3 is 1.88 bits per heavy atom. The van der Waals surface area contributed by atoms with Crippen molar-refractivity contribution in [2.45, 2.75) is 37.4 Å². The summed E-state index contributed by atoms with van der Waals surface area (Å²) in [5, 5.41) is 18.6. The van der Waals surface area contributed by atoms with E-state index in [0.717, 1.165) is 34.1 Å². The second-order valence-corrected chi connectivity index (χ2v) is 9.13. The highest BCUT2D eigenvalue weighted by atomic mass is 35.5. The maximum Gasteiger partial charge on any atom is 0.123 e. The molecule has 0 bridgehead atoms. The molecule has 3 N–H and O–H groups in total. The summed E-state index contributed by atoms with van der Waals surface area (Å²) < 4.78 is 5.32. The zero-order chi connectivity index (χ0) is 23.4. The van der Waals surface area contributed by atoms with Crippen LogP contribution in [0, 0.1) is 0 Å². The van der Waals surface area contributed by atoms with Crippen LogP contribution in [-0.4, -0.2) is 18.5 Å². The molecule has 0 amide bonds. The van der Waals surface area contributed by atoms with E-state index in [4.69, 9.17) is 27.9 Å². The normalized spacial score (nSPS) is 22.4. The number of nitrogens with one attached hydrogen (secondary N) is 2. The van der Waals surface area contributed by atoms with Crippen LogP contribution < -0.4 is 10.6 Å². The fourth-order valence-electron chi connectivity index (χ4n) is 4.51. The highest BCUT2D eigenvalue weighted by Gasteiger charge is 2.46. The van der Waals surface area contributed by atoms with Gasteiger partial charge in [-0.15, -0.1) is 0 Å². The number of carbonyl (C=O) groups excluding carboxylic acids is 1. The number of carbonyl (C=O) groups is 1. The predicted octanol–water partition coefficient (Wildman–Crippen LogP) is 5.05. The van der Waals surface area contributed by atoms with Gasteiger partial charge in [0.15, 0.2) is 0 Å². The molecule has 5 nitrogen and oxygen atoms in total. The number of aliphatic hydroxyl groups excluding tert-OH is 1. The molecular formula is C26H26Cl2N2O3. The van der Waals surface area contributed by atoms with Crippen molar-refractivity contribution < 1.29 is 14.6 Å². The molecule has 0 spiro atoms. The summed E-state index contributed by atoms with van der Waals surface area (Å²) >= 11 is 12.3. The number of rotatable bonds is 8. The molecular weight excluding hydrogens is 459 g/mol. The van der Waals surface area contributed by atoms with Crippen LogP contribution in [0.15, 0.2) is 66.7 Å². The molecule has 7 heteroatoms. The molecule has 1 fully saturated rings. The Morgan fingerprint density at radius 1 is 0.909 bits per heavy atom.